The predicted octanol–water partition coefficient (Wildman–Crippen LogP) is 2.78. The van der Waals surface area contributed by atoms with Gasteiger partial charge in [0.15, 0.2) is 10.6 Å². The van der Waals surface area contributed by atoms with Crippen LogP contribution in [-0.2, 0) is 6.54 Å². The number of H-pyrrole nitrogens is 1. The summed E-state index contributed by atoms with van der Waals surface area (Å²) in [4.78, 5) is 7.05. The zero-order chi connectivity index (χ0) is 11.8. The van der Waals surface area contributed by atoms with E-state index in [-0.39, 0.29) is 0 Å². The molecule has 5 nitrogen and oxygen atoms in total. The van der Waals surface area contributed by atoms with Crippen molar-refractivity contribution in [2.24, 2.45) is 0 Å². The molecule has 0 saturated carbocycles. The third-order valence-electron chi connectivity index (χ3n) is 2.45. The van der Waals surface area contributed by atoms with E-state index in [2.05, 4.69) is 15.1 Å². The fourth-order valence-electron chi connectivity index (χ4n) is 1.73. The summed E-state index contributed by atoms with van der Waals surface area (Å²) in [6.07, 6.45) is 1.29. The number of imidazole rings is 1. The van der Waals surface area contributed by atoms with Crippen LogP contribution in [0, 0.1) is 4.77 Å². The van der Waals surface area contributed by atoms with Crippen LogP contribution in [0.3, 0.4) is 0 Å². The molecule has 86 valence electrons. The van der Waals surface area contributed by atoms with E-state index in [1.807, 2.05) is 22.8 Å². The van der Waals surface area contributed by atoms with E-state index in [4.69, 9.17) is 28.3 Å². The van der Waals surface area contributed by atoms with Gasteiger partial charge in [0.1, 0.15) is 0 Å². The van der Waals surface area contributed by atoms with Crippen molar-refractivity contribution in [1.82, 2.24) is 19.7 Å². The van der Waals surface area contributed by atoms with Gasteiger partial charge in [0.25, 0.3) is 0 Å². The van der Waals surface area contributed by atoms with Crippen molar-refractivity contribution < 1.29 is 4.52 Å². The molecule has 0 aliphatic carbocycles. The van der Waals surface area contributed by atoms with Crippen LogP contribution >= 0.6 is 23.8 Å². The summed E-state index contributed by atoms with van der Waals surface area (Å²) in [5, 5.41) is 4.40. The summed E-state index contributed by atoms with van der Waals surface area (Å²) in [6, 6.07) is 5.61. The van der Waals surface area contributed by atoms with Crippen molar-refractivity contribution in [2.75, 3.05) is 0 Å². The normalized spacial score (nSPS) is 11.1. The molecule has 0 aliphatic heterocycles. The lowest BCUT2D eigenvalue weighted by atomic mass is 10.3. The van der Waals surface area contributed by atoms with E-state index >= 15 is 0 Å². The minimum Gasteiger partial charge on any atom is -0.343 e. The Kier molecular flexibility index (Phi) is 2.45. The van der Waals surface area contributed by atoms with E-state index in [0.29, 0.717) is 22.2 Å². The Balaban J connectivity index is 2.21. The first-order chi connectivity index (χ1) is 8.25. The molecule has 3 rings (SSSR count). The fourth-order valence-corrected chi connectivity index (χ4v) is 2.27. The monoisotopic (exact) mass is 266 g/mol. The molecule has 1 N–H and O–H groups in total. The Bertz CT molecular complexity index is 716. The summed E-state index contributed by atoms with van der Waals surface area (Å²) < 4.78 is 7.12. The first kappa shape index (κ1) is 10.5. The van der Waals surface area contributed by atoms with E-state index in [1.54, 1.807) is 0 Å². The van der Waals surface area contributed by atoms with Crippen molar-refractivity contribution in [3.63, 3.8) is 0 Å². The topological polar surface area (TPSA) is 59.6 Å². The second kappa shape index (κ2) is 3.97. The van der Waals surface area contributed by atoms with Gasteiger partial charge in [-0.1, -0.05) is 22.8 Å². The largest absolute Gasteiger partial charge is 0.343 e. The molecule has 0 radical (unpaired) electrons. The van der Waals surface area contributed by atoms with Gasteiger partial charge in [-0.15, -0.1) is 0 Å². The number of aromatic amines is 1. The number of benzene rings is 1. The minimum atomic E-state index is 0.430. The van der Waals surface area contributed by atoms with Gasteiger partial charge >= 0.3 is 0 Å². The number of halogens is 1. The van der Waals surface area contributed by atoms with Crippen LogP contribution < -0.4 is 0 Å². The van der Waals surface area contributed by atoms with Gasteiger partial charge in [0.05, 0.1) is 22.6 Å². The van der Waals surface area contributed by atoms with Crippen molar-refractivity contribution >= 4 is 34.9 Å². The van der Waals surface area contributed by atoms with Gasteiger partial charge in [-0.2, -0.15) is 4.98 Å². The highest BCUT2D eigenvalue weighted by Crippen LogP contribution is 2.23. The van der Waals surface area contributed by atoms with Crippen LogP contribution in [0.15, 0.2) is 29.1 Å². The molecule has 0 fully saturated rings. The van der Waals surface area contributed by atoms with E-state index in [1.165, 1.54) is 6.39 Å². The Morgan fingerprint density at radius 1 is 1.47 bits per heavy atom. The third kappa shape index (κ3) is 1.75. The fraction of sp³-hybridized carbons (Fsp3) is 0.100. The third-order valence-corrected chi connectivity index (χ3v) is 3.08. The van der Waals surface area contributed by atoms with Crippen LogP contribution in [0.1, 0.15) is 5.82 Å². The summed E-state index contributed by atoms with van der Waals surface area (Å²) in [6.45, 7) is 0.430. The Morgan fingerprint density at radius 2 is 2.35 bits per heavy atom. The molecule has 2 aromatic heterocycles. The molecule has 3 aromatic rings. The number of rotatable bonds is 2. The van der Waals surface area contributed by atoms with Crippen LogP contribution in [0.25, 0.3) is 11.0 Å². The van der Waals surface area contributed by atoms with Crippen molar-refractivity contribution in [1.29, 1.82) is 0 Å². The van der Waals surface area contributed by atoms with Crippen LogP contribution in [-0.4, -0.2) is 19.7 Å². The maximum atomic E-state index is 6.16. The number of aromatic nitrogens is 4. The van der Waals surface area contributed by atoms with Crippen LogP contribution in [0.5, 0.6) is 0 Å². The molecule has 2 heterocycles. The lowest BCUT2D eigenvalue weighted by Crippen LogP contribution is -2.01. The maximum Gasteiger partial charge on any atom is 0.213 e. The van der Waals surface area contributed by atoms with Gasteiger partial charge in [-0.25, -0.2) is 0 Å². The van der Waals surface area contributed by atoms with E-state index in [0.717, 1.165) is 11.0 Å². The van der Waals surface area contributed by atoms with Crippen molar-refractivity contribution in [3.05, 3.63) is 40.2 Å². The standard InChI is InChI=1S/C10H7ClN4OS/c11-6-2-1-3-7-9(6)15(10(17)13-7)4-8-12-5-16-14-8/h1-3,5H,4H2,(H,13,17). The number of nitrogens with zero attached hydrogens (tertiary/aromatic N) is 3. The van der Waals surface area contributed by atoms with Gasteiger partial charge in [-0.05, 0) is 24.4 Å². The lowest BCUT2D eigenvalue weighted by Gasteiger charge is -2.01. The molecule has 0 atom stereocenters. The number of hydrogen-bond acceptors (Lipinski definition) is 4. The Labute approximate surface area is 106 Å². The zero-order valence-corrected chi connectivity index (χ0v) is 10.1. The molecular formula is C10H7ClN4OS. The highest BCUT2D eigenvalue weighted by Gasteiger charge is 2.10. The van der Waals surface area contributed by atoms with Crippen LogP contribution in [0.4, 0.5) is 0 Å². The summed E-state index contributed by atoms with van der Waals surface area (Å²) >= 11 is 11.4. The number of para-hydroxylation sites is 1. The molecule has 0 spiro atoms. The molecule has 7 heteroatoms. The van der Waals surface area contributed by atoms with Crippen LogP contribution in [0.2, 0.25) is 5.02 Å². The minimum absolute atomic E-state index is 0.430. The average molecular weight is 267 g/mol. The number of nitrogens with one attached hydrogen (secondary N) is 1. The first-order valence-electron chi connectivity index (χ1n) is 4.88. The highest BCUT2D eigenvalue weighted by molar-refractivity contribution is 7.71. The van der Waals surface area contributed by atoms with Gasteiger partial charge in [0, 0.05) is 0 Å². The van der Waals surface area contributed by atoms with Gasteiger partial charge < -0.3 is 14.1 Å². The quantitative estimate of drug-likeness (QED) is 0.725. The molecule has 17 heavy (non-hydrogen) atoms. The second-order valence-electron chi connectivity index (χ2n) is 3.50. The second-order valence-corrected chi connectivity index (χ2v) is 4.29. The van der Waals surface area contributed by atoms with Crippen molar-refractivity contribution in [2.45, 2.75) is 6.54 Å². The van der Waals surface area contributed by atoms with E-state index in [9.17, 15) is 0 Å². The zero-order valence-electron chi connectivity index (χ0n) is 8.55. The predicted molar refractivity (Wildman–Crippen MR) is 65.5 cm³/mol. The molecule has 0 bridgehead atoms. The molecule has 0 aliphatic rings. The molecule has 0 amide bonds. The summed E-state index contributed by atoms with van der Waals surface area (Å²) in [7, 11) is 0. The average Bonchev–Trinajstić information content (AvgIpc) is 2.89. The van der Waals surface area contributed by atoms with Gasteiger partial charge in [-0.3, -0.25) is 0 Å². The molecule has 0 saturated heterocycles. The SMILES string of the molecule is S=c1[nH]c2cccc(Cl)c2n1Cc1ncon1. The first-order valence-corrected chi connectivity index (χ1v) is 5.66. The maximum absolute atomic E-state index is 6.16. The molecule has 0 unspecified atom stereocenters. The Hall–Kier alpha value is -1.66. The van der Waals surface area contributed by atoms with Gasteiger partial charge in [0.2, 0.25) is 6.39 Å². The molecular weight excluding hydrogens is 260 g/mol. The lowest BCUT2D eigenvalue weighted by molar-refractivity contribution is 0.408. The molecule has 1 aromatic carbocycles. The van der Waals surface area contributed by atoms with Crippen molar-refractivity contribution in [3.8, 4) is 0 Å². The smallest absolute Gasteiger partial charge is 0.213 e. The van der Waals surface area contributed by atoms with E-state index < -0.39 is 0 Å². The highest BCUT2D eigenvalue weighted by atomic mass is 35.5. The number of hydrogen-bond donors (Lipinski definition) is 1. The Morgan fingerprint density at radius 3 is 3.12 bits per heavy atom. The number of fused-ring (bicyclic) bond motifs is 1. The summed E-state index contributed by atoms with van der Waals surface area (Å²) in [5.74, 6) is 0.557. The summed E-state index contributed by atoms with van der Waals surface area (Å²) in [5.41, 5.74) is 1.75.